The van der Waals surface area contributed by atoms with Gasteiger partial charge in [0, 0.05) is 14.0 Å². The van der Waals surface area contributed by atoms with Crippen molar-refractivity contribution in [1.29, 1.82) is 0 Å². The van der Waals surface area contributed by atoms with Crippen LogP contribution in [0.4, 0.5) is 0 Å². The van der Waals surface area contributed by atoms with Gasteiger partial charge in [-0.2, -0.15) is 0 Å². The molecule has 60 valence electrons. The molecule has 0 bridgehead atoms. The molecule has 0 amide bonds. The minimum atomic E-state index is -0.329. The third-order valence-electron chi connectivity index (χ3n) is 0.249. The van der Waals surface area contributed by atoms with Gasteiger partial charge in [-0.3, -0.25) is 4.79 Å². The average molecular weight is 146 g/mol. The molecule has 3 nitrogen and oxygen atoms in total. The third kappa shape index (κ3) is 66.2. The molecule has 0 radical (unpaired) electrons. The van der Waals surface area contributed by atoms with E-state index in [1.165, 1.54) is 6.92 Å². The molecule has 0 aliphatic carbocycles. The Morgan fingerprint density at radius 2 is 1.80 bits per heavy atom. The summed E-state index contributed by atoms with van der Waals surface area (Å²) in [6, 6.07) is 0. The molecule has 0 aromatic heterocycles. The van der Waals surface area contributed by atoms with Gasteiger partial charge in [-0.05, 0) is 0 Å². The lowest BCUT2D eigenvalue weighted by Crippen LogP contribution is -1.87. The number of aliphatic hydroxyl groups excluding tert-OH is 1. The summed E-state index contributed by atoms with van der Waals surface area (Å²) in [6.45, 7) is 10.5. The highest BCUT2D eigenvalue weighted by molar-refractivity contribution is 5.66. The summed E-state index contributed by atoms with van der Waals surface area (Å²) in [7, 11) is 1.00. The Labute approximate surface area is 61.6 Å². The molecule has 1 N–H and O–H groups in total. The summed E-state index contributed by atoms with van der Waals surface area (Å²) >= 11 is 0. The van der Waals surface area contributed by atoms with Gasteiger partial charge in [0.1, 0.15) is 0 Å². The van der Waals surface area contributed by atoms with Crippen molar-refractivity contribution in [2.75, 3.05) is 7.11 Å². The fourth-order valence-electron chi connectivity index (χ4n) is 0.117. The van der Waals surface area contributed by atoms with Gasteiger partial charge >= 0.3 is 5.97 Å². The number of ether oxygens (including phenoxy) is 1. The average Bonchev–Trinajstić information content (AvgIpc) is 1.96. The maximum atomic E-state index is 9.75. The van der Waals surface area contributed by atoms with Crippen molar-refractivity contribution in [3.63, 3.8) is 0 Å². The van der Waals surface area contributed by atoms with Crippen molar-refractivity contribution in [1.82, 2.24) is 0 Å². The summed E-state index contributed by atoms with van der Waals surface area (Å²) in [5.74, 6) is -0.329. The Morgan fingerprint density at radius 1 is 1.50 bits per heavy atom. The molecule has 0 aliphatic rings. The highest BCUT2D eigenvalue weighted by Crippen LogP contribution is 1.70. The van der Waals surface area contributed by atoms with E-state index in [1.54, 1.807) is 0 Å². The van der Waals surface area contributed by atoms with Crippen LogP contribution in [0.15, 0.2) is 26.0 Å². The number of carbonyl (C=O) groups excluding carboxylic acids is 1. The molecule has 3 heteroatoms. The van der Waals surface area contributed by atoms with Crippen LogP contribution in [0.5, 0.6) is 0 Å². The van der Waals surface area contributed by atoms with Crippen molar-refractivity contribution in [2.24, 2.45) is 0 Å². The fraction of sp³-hybridized carbons (Fsp3) is 0.286. The maximum absolute atomic E-state index is 9.75. The third-order valence-corrected chi connectivity index (χ3v) is 0.249. The molecule has 0 aromatic carbocycles. The van der Waals surface area contributed by atoms with Crippen molar-refractivity contribution >= 4 is 5.97 Å². The van der Waals surface area contributed by atoms with E-state index in [9.17, 15) is 4.79 Å². The normalized spacial score (nSPS) is 5.10. The number of carbonyl (C=O) groups is 1. The fourth-order valence-corrected chi connectivity index (χ4v) is 0.117. The summed E-state index contributed by atoms with van der Waals surface area (Å²) < 4.78 is 4.17. The molecular weight excluding hydrogens is 132 g/mol. The van der Waals surface area contributed by atoms with E-state index in [0.717, 1.165) is 13.4 Å². The van der Waals surface area contributed by atoms with E-state index in [2.05, 4.69) is 24.5 Å². The van der Waals surface area contributed by atoms with Gasteiger partial charge in [0.15, 0.2) is 0 Å². The van der Waals surface area contributed by atoms with E-state index in [4.69, 9.17) is 5.11 Å². The Morgan fingerprint density at radius 3 is 1.80 bits per heavy atom. The molecule has 0 aliphatic heterocycles. The quantitative estimate of drug-likeness (QED) is 0.342. The lowest BCUT2D eigenvalue weighted by atomic mass is 10.8. The first-order chi connectivity index (χ1) is 4.77. The highest BCUT2D eigenvalue weighted by Gasteiger charge is 1.79. The lowest BCUT2D eigenvalue weighted by molar-refractivity contribution is -0.135. The molecule has 10 heavy (non-hydrogen) atoms. The predicted octanol–water partition coefficient (Wildman–Crippen LogP) is 1.10. The Bertz CT molecular complexity index is 78.9. The van der Waals surface area contributed by atoms with Crippen molar-refractivity contribution in [3.05, 3.63) is 26.0 Å². The van der Waals surface area contributed by atoms with Gasteiger partial charge in [0.25, 0.3) is 0 Å². The topological polar surface area (TPSA) is 46.5 Å². The molecule has 0 spiro atoms. The lowest BCUT2D eigenvalue weighted by Gasteiger charge is -1.83. The van der Waals surface area contributed by atoms with Crippen LogP contribution in [0.3, 0.4) is 0 Å². The minimum absolute atomic E-state index is 0.329. The zero-order valence-electron chi connectivity index (χ0n) is 6.46. The van der Waals surface area contributed by atoms with Crippen LogP contribution in [-0.4, -0.2) is 18.2 Å². The first kappa shape index (κ1) is 16.0. The Balaban J connectivity index is -0.000000105. The van der Waals surface area contributed by atoms with Crippen molar-refractivity contribution < 1.29 is 14.6 Å². The van der Waals surface area contributed by atoms with E-state index in [1.807, 2.05) is 0 Å². The second-order valence-corrected chi connectivity index (χ2v) is 0.776. The maximum Gasteiger partial charge on any atom is 0.307 e. The molecule has 0 rings (SSSR count). The summed E-state index contributed by atoms with van der Waals surface area (Å²) in [6.07, 6.45) is 1.10. The number of rotatable bonds is 1. The zero-order chi connectivity index (χ0) is 8.99. The van der Waals surface area contributed by atoms with Crippen LogP contribution in [0.1, 0.15) is 6.92 Å². The second kappa shape index (κ2) is 24.7. The largest absolute Gasteiger partial charge is 0.435 e. The highest BCUT2D eigenvalue weighted by atomic mass is 16.5. The number of hydrogen-bond donors (Lipinski definition) is 1. The van der Waals surface area contributed by atoms with E-state index >= 15 is 0 Å². The van der Waals surface area contributed by atoms with Gasteiger partial charge in [-0.25, -0.2) is 0 Å². The summed E-state index contributed by atoms with van der Waals surface area (Å²) in [5, 5.41) is 7.00. The number of hydrogen-bond acceptors (Lipinski definition) is 3. The molecule has 0 saturated heterocycles. The van der Waals surface area contributed by atoms with Crippen LogP contribution in [0.25, 0.3) is 0 Å². The number of esters is 1. The van der Waals surface area contributed by atoms with Crippen LogP contribution >= 0.6 is 0 Å². The number of aliphatic hydroxyl groups is 1. The Kier molecular flexibility index (Phi) is 39.4. The molecular formula is C7H14O3. The molecule has 0 saturated carbocycles. The van der Waals surface area contributed by atoms with Crippen molar-refractivity contribution in [2.45, 2.75) is 6.92 Å². The van der Waals surface area contributed by atoms with Crippen LogP contribution in [0, 0.1) is 0 Å². The van der Waals surface area contributed by atoms with Crippen LogP contribution in [0.2, 0.25) is 0 Å². The first-order valence-electron chi connectivity index (χ1n) is 2.50. The Hall–Kier alpha value is -1.09. The summed E-state index contributed by atoms with van der Waals surface area (Å²) in [4.78, 5) is 9.75. The summed E-state index contributed by atoms with van der Waals surface area (Å²) in [5.41, 5.74) is 0. The molecule has 0 fully saturated rings. The van der Waals surface area contributed by atoms with Crippen molar-refractivity contribution in [3.8, 4) is 0 Å². The van der Waals surface area contributed by atoms with E-state index < -0.39 is 0 Å². The van der Waals surface area contributed by atoms with Crippen LogP contribution < -0.4 is 0 Å². The molecule has 0 atom stereocenters. The van der Waals surface area contributed by atoms with Crippen LogP contribution in [-0.2, 0) is 9.53 Å². The second-order valence-electron chi connectivity index (χ2n) is 0.776. The zero-order valence-corrected chi connectivity index (χ0v) is 6.46. The smallest absolute Gasteiger partial charge is 0.307 e. The molecule has 0 aromatic rings. The van der Waals surface area contributed by atoms with Gasteiger partial charge in [0.05, 0.1) is 6.26 Å². The van der Waals surface area contributed by atoms with Gasteiger partial charge < -0.3 is 9.84 Å². The standard InChI is InChI=1S/C4H6O2.C2H4.CH4O/c1-3-6-4(2)5;2*1-2/h3H,1H2,2H3;1-2H2;2H,1H3. The van der Waals surface area contributed by atoms with Gasteiger partial charge in [-0.15, -0.1) is 13.2 Å². The van der Waals surface area contributed by atoms with E-state index in [0.29, 0.717) is 0 Å². The predicted molar refractivity (Wildman–Crippen MR) is 41.4 cm³/mol. The van der Waals surface area contributed by atoms with Gasteiger partial charge in [0.2, 0.25) is 0 Å². The van der Waals surface area contributed by atoms with E-state index in [-0.39, 0.29) is 5.97 Å². The molecule has 0 heterocycles. The van der Waals surface area contributed by atoms with Gasteiger partial charge in [-0.1, -0.05) is 6.58 Å². The monoisotopic (exact) mass is 146 g/mol. The first-order valence-corrected chi connectivity index (χ1v) is 2.50. The minimum Gasteiger partial charge on any atom is -0.435 e. The SMILES string of the molecule is C=C.C=COC(C)=O.CO. The molecule has 0 unspecified atom stereocenters.